The standard InChI is InChI=1S/C14H21N3O/c15-13-6-8-17(9-7-13)11-14(18)16-10-12-4-2-1-3-5-12/h1-5,13H,6-11,15H2,(H,16,18). The molecule has 2 rings (SSSR count). The van der Waals surface area contributed by atoms with Gasteiger partial charge in [0.1, 0.15) is 0 Å². The second-order valence-corrected chi connectivity index (χ2v) is 4.88. The van der Waals surface area contributed by atoms with Crippen molar-refractivity contribution >= 4 is 5.91 Å². The first-order valence-electron chi connectivity index (χ1n) is 6.52. The number of likely N-dealkylation sites (tertiary alicyclic amines) is 1. The van der Waals surface area contributed by atoms with Crippen LogP contribution in [0.3, 0.4) is 0 Å². The second-order valence-electron chi connectivity index (χ2n) is 4.88. The molecule has 4 heteroatoms. The lowest BCUT2D eigenvalue weighted by Crippen LogP contribution is -2.44. The number of rotatable bonds is 4. The number of hydrogen-bond acceptors (Lipinski definition) is 3. The molecule has 0 unspecified atom stereocenters. The maximum absolute atomic E-state index is 11.8. The monoisotopic (exact) mass is 247 g/mol. The van der Waals surface area contributed by atoms with Crippen molar-refractivity contribution in [2.45, 2.75) is 25.4 Å². The summed E-state index contributed by atoms with van der Waals surface area (Å²) in [5, 5.41) is 2.95. The van der Waals surface area contributed by atoms with E-state index in [-0.39, 0.29) is 5.91 Å². The molecular weight excluding hydrogens is 226 g/mol. The number of nitrogens with one attached hydrogen (secondary N) is 1. The maximum atomic E-state index is 11.8. The average Bonchev–Trinajstić information content (AvgIpc) is 2.40. The van der Waals surface area contributed by atoms with E-state index >= 15 is 0 Å². The average molecular weight is 247 g/mol. The number of carbonyl (C=O) groups excluding carboxylic acids is 1. The largest absolute Gasteiger partial charge is 0.351 e. The van der Waals surface area contributed by atoms with Crippen LogP contribution in [0.4, 0.5) is 0 Å². The van der Waals surface area contributed by atoms with Crippen molar-refractivity contribution in [3.05, 3.63) is 35.9 Å². The van der Waals surface area contributed by atoms with Gasteiger partial charge in [-0.1, -0.05) is 30.3 Å². The number of carbonyl (C=O) groups is 1. The van der Waals surface area contributed by atoms with Crippen LogP contribution in [-0.2, 0) is 11.3 Å². The number of amides is 1. The van der Waals surface area contributed by atoms with Crippen LogP contribution in [0.5, 0.6) is 0 Å². The summed E-state index contributed by atoms with van der Waals surface area (Å²) in [4.78, 5) is 14.0. The molecule has 18 heavy (non-hydrogen) atoms. The van der Waals surface area contributed by atoms with Crippen LogP contribution >= 0.6 is 0 Å². The summed E-state index contributed by atoms with van der Waals surface area (Å²) in [5.41, 5.74) is 6.97. The minimum Gasteiger partial charge on any atom is -0.351 e. The Hall–Kier alpha value is -1.39. The second kappa shape index (κ2) is 6.52. The van der Waals surface area contributed by atoms with Gasteiger partial charge in [0.05, 0.1) is 6.54 Å². The third-order valence-electron chi connectivity index (χ3n) is 3.33. The molecule has 1 saturated heterocycles. The highest BCUT2D eigenvalue weighted by atomic mass is 16.2. The van der Waals surface area contributed by atoms with Gasteiger partial charge in [0.15, 0.2) is 0 Å². The van der Waals surface area contributed by atoms with Crippen LogP contribution in [0, 0.1) is 0 Å². The molecular formula is C14H21N3O. The highest BCUT2D eigenvalue weighted by Gasteiger charge is 2.17. The molecule has 4 nitrogen and oxygen atoms in total. The van der Waals surface area contributed by atoms with Crippen LogP contribution in [0.25, 0.3) is 0 Å². The molecule has 3 N–H and O–H groups in total. The van der Waals surface area contributed by atoms with E-state index < -0.39 is 0 Å². The summed E-state index contributed by atoms with van der Waals surface area (Å²) in [5.74, 6) is 0.0920. The molecule has 1 amide bonds. The van der Waals surface area contributed by atoms with E-state index in [9.17, 15) is 4.79 Å². The molecule has 1 aromatic carbocycles. The van der Waals surface area contributed by atoms with E-state index in [1.807, 2.05) is 30.3 Å². The lowest BCUT2D eigenvalue weighted by atomic mass is 10.1. The zero-order chi connectivity index (χ0) is 12.8. The highest BCUT2D eigenvalue weighted by Crippen LogP contribution is 2.07. The van der Waals surface area contributed by atoms with Crippen molar-refractivity contribution in [1.82, 2.24) is 10.2 Å². The maximum Gasteiger partial charge on any atom is 0.234 e. The Labute approximate surface area is 108 Å². The summed E-state index contributed by atoms with van der Waals surface area (Å²) in [7, 11) is 0. The summed E-state index contributed by atoms with van der Waals surface area (Å²) in [6, 6.07) is 10.3. The molecule has 0 atom stereocenters. The molecule has 1 aliphatic rings. The van der Waals surface area contributed by atoms with Crippen LogP contribution in [0.1, 0.15) is 18.4 Å². The quantitative estimate of drug-likeness (QED) is 0.824. The Morgan fingerprint density at radius 3 is 2.61 bits per heavy atom. The fourth-order valence-corrected chi connectivity index (χ4v) is 2.17. The van der Waals surface area contributed by atoms with Gasteiger partial charge in [-0.15, -0.1) is 0 Å². The van der Waals surface area contributed by atoms with E-state index in [0.29, 0.717) is 19.1 Å². The molecule has 1 fully saturated rings. The molecule has 1 aliphatic heterocycles. The van der Waals surface area contributed by atoms with E-state index in [1.54, 1.807) is 0 Å². The molecule has 0 bridgehead atoms. The van der Waals surface area contributed by atoms with Gasteiger partial charge in [0.25, 0.3) is 0 Å². The summed E-state index contributed by atoms with van der Waals surface area (Å²) in [6.45, 7) is 2.95. The molecule has 0 aromatic heterocycles. The Morgan fingerprint density at radius 1 is 1.28 bits per heavy atom. The van der Waals surface area contributed by atoms with Crippen LogP contribution in [-0.4, -0.2) is 36.5 Å². The Balaban J connectivity index is 1.69. The van der Waals surface area contributed by atoms with Gasteiger partial charge >= 0.3 is 0 Å². The molecule has 0 saturated carbocycles. The highest BCUT2D eigenvalue weighted by molar-refractivity contribution is 5.78. The Kier molecular flexibility index (Phi) is 4.73. The lowest BCUT2D eigenvalue weighted by Gasteiger charge is -2.29. The van der Waals surface area contributed by atoms with Crippen molar-refractivity contribution < 1.29 is 4.79 Å². The fourth-order valence-electron chi connectivity index (χ4n) is 2.17. The van der Waals surface area contributed by atoms with Crippen LogP contribution in [0.2, 0.25) is 0 Å². The first-order chi connectivity index (χ1) is 8.74. The minimum atomic E-state index is 0.0920. The van der Waals surface area contributed by atoms with Crippen molar-refractivity contribution in [2.24, 2.45) is 5.73 Å². The molecule has 0 aliphatic carbocycles. The first kappa shape index (κ1) is 13.1. The van der Waals surface area contributed by atoms with E-state index in [4.69, 9.17) is 5.73 Å². The number of piperidine rings is 1. The van der Waals surface area contributed by atoms with E-state index in [1.165, 1.54) is 0 Å². The summed E-state index contributed by atoms with van der Waals surface area (Å²) < 4.78 is 0. The zero-order valence-electron chi connectivity index (χ0n) is 10.6. The Morgan fingerprint density at radius 2 is 1.94 bits per heavy atom. The third-order valence-corrected chi connectivity index (χ3v) is 3.33. The summed E-state index contributed by atoms with van der Waals surface area (Å²) in [6.07, 6.45) is 1.98. The number of nitrogens with zero attached hydrogens (tertiary/aromatic N) is 1. The van der Waals surface area contributed by atoms with Gasteiger partial charge in [0.2, 0.25) is 5.91 Å². The zero-order valence-corrected chi connectivity index (χ0v) is 10.6. The fraction of sp³-hybridized carbons (Fsp3) is 0.500. The smallest absolute Gasteiger partial charge is 0.234 e. The number of benzene rings is 1. The molecule has 0 radical (unpaired) electrons. The molecule has 98 valence electrons. The van der Waals surface area contributed by atoms with Gasteiger partial charge in [-0.2, -0.15) is 0 Å². The topological polar surface area (TPSA) is 58.4 Å². The third kappa shape index (κ3) is 4.13. The van der Waals surface area contributed by atoms with Gasteiger partial charge in [-0.05, 0) is 18.4 Å². The molecule has 1 heterocycles. The predicted octanol–water partition coefficient (Wildman–Crippen LogP) is 0.726. The van der Waals surface area contributed by atoms with Gasteiger partial charge in [-0.3, -0.25) is 9.69 Å². The van der Waals surface area contributed by atoms with Gasteiger partial charge in [-0.25, -0.2) is 0 Å². The van der Waals surface area contributed by atoms with Crippen molar-refractivity contribution in [2.75, 3.05) is 19.6 Å². The Bertz CT molecular complexity index is 372. The first-order valence-corrected chi connectivity index (χ1v) is 6.52. The molecule has 1 aromatic rings. The number of nitrogens with two attached hydrogens (primary N) is 1. The summed E-state index contributed by atoms with van der Waals surface area (Å²) >= 11 is 0. The van der Waals surface area contributed by atoms with Crippen LogP contribution < -0.4 is 11.1 Å². The normalized spacial score (nSPS) is 17.6. The van der Waals surface area contributed by atoms with Gasteiger partial charge in [0, 0.05) is 25.7 Å². The van der Waals surface area contributed by atoms with Crippen molar-refractivity contribution in [3.8, 4) is 0 Å². The SMILES string of the molecule is NC1CCN(CC(=O)NCc2ccccc2)CC1. The van der Waals surface area contributed by atoms with Crippen molar-refractivity contribution in [3.63, 3.8) is 0 Å². The molecule has 0 spiro atoms. The van der Waals surface area contributed by atoms with E-state index in [0.717, 1.165) is 31.5 Å². The lowest BCUT2D eigenvalue weighted by molar-refractivity contribution is -0.122. The van der Waals surface area contributed by atoms with Gasteiger partial charge < -0.3 is 11.1 Å². The van der Waals surface area contributed by atoms with Crippen molar-refractivity contribution in [1.29, 1.82) is 0 Å². The predicted molar refractivity (Wildman–Crippen MR) is 71.9 cm³/mol. The van der Waals surface area contributed by atoms with E-state index in [2.05, 4.69) is 10.2 Å². The number of hydrogen-bond donors (Lipinski definition) is 2. The van der Waals surface area contributed by atoms with Crippen LogP contribution in [0.15, 0.2) is 30.3 Å². The minimum absolute atomic E-state index is 0.0920.